The van der Waals surface area contributed by atoms with Crippen LogP contribution >= 0.6 is 11.3 Å². The largest absolute Gasteiger partial charge is 0.396 e. The number of primary amides is 1. The predicted octanol–water partition coefficient (Wildman–Crippen LogP) is 1.51. The molecule has 1 amide bonds. The van der Waals surface area contributed by atoms with Crippen LogP contribution in [0.15, 0.2) is 0 Å². The van der Waals surface area contributed by atoms with Crippen LogP contribution in [0.4, 0.5) is 10.7 Å². The van der Waals surface area contributed by atoms with Crippen molar-refractivity contribution in [2.24, 2.45) is 11.7 Å². The molecule has 1 aromatic heterocycles. The molecule has 1 heterocycles. The lowest BCUT2D eigenvalue weighted by Gasteiger charge is -2.13. The molecule has 90 valence electrons. The maximum absolute atomic E-state index is 11.3. The fourth-order valence-electron chi connectivity index (χ4n) is 1.79. The van der Waals surface area contributed by atoms with Crippen molar-refractivity contribution < 1.29 is 4.79 Å². The van der Waals surface area contributed by atoms with E-state index in [1.165, 1.54) is 24.2 Å². The summed E-state index contributed by atoms with van der Waals surface area (Å²) in [5, 5.41) is 12.7. The SMILES string of the molecule is CC(Nc1sc(C#N)c(N)c1C(N)=O)C1CC1. The molecule has 17 heavy (non-hydrogen) atoms. The topological polar surface area (TPSA) is 105 Å². The summed E-state index contributed by atoms with van der Waals surface area (Å²) < 4.78 is 0. The van der Waals surface area contributed by atoms with E-state index in [9.17, 15) is 4.79 Å². The monoisotopic (exact) mass is 250 g/mol. The molecule has 0 spiro atoms. The number of nitrogens with one attached hydrogen (secondary N) is 1. The van der Waals surface area contributed by atoms with Gasteiger partial charge in [-0.15, -0.1) is 11.3 Å². The molecular formula is C11H14N4OS. The molecule has 2 rings (SSSR count). The van der Waals surface area contributed by atoms with Gasteiger partial charge in [0.05, 0.1) is 11.3 Å². The lowest BCUT2D eigenvalue weighted by Crippen LogP contribution is -2.20. The van der Waals surface area contributed by atoms with Gasteiger partial charge in [0.25, 0.3) is 5.91 Å². The summed E-state index contributed by atoms with van der Waals surface area (Å²) in [6, 6.07) is 2.25. The van der Waals surface area contributed by atoms with E-state index in [2.05, 4.69) is 12.2 Å². The van der Waals surface area contributed by atoms with E-state index < -0.39 is 5.91 Å². The summed E-state index contributed by atoms with van der Waals surface area (Å²) in [7, 11) is 0. The molecule has 0 radical (unpaired) electrons. The Kier molecular flexibility index (Phi) is 2.94. The van der Waals surface area contributed by atoms with Crippen molar-refractivity contribution in [2.75, 3.05) is 11.1 Å². The molecule has 1 atom stereocenters. The Morgan fingerprint density at radius 2 is 2.29 bits per heavy atom. The van der Waals surface area contributed by atoms with Gasteiger partial charge in [0.15, 0.2) is 0 Å². The number of nitrogens with zero attached hydrogens (tertiary/aromatic N) is 1. The molecule has 5 nitrogen and oxygen atoms in total. The van der Waals surface area contributed by atoms with Crippen LogP contribution in [-0.2, 0) is 0 Å². The molecule has 0 aliphatic heterocycles. The third-order valence-corrected chi connectivity index (χ3v) is 4.02. The highest BCUT2D eigenvalue weighted by Gasteiger charge is 2.30. The summed E-state index contributed by atoms with van der Waals surface area (Å²) in [6.45, 7) is 2.06. The first kappa shape index (κ1) is 11.7. The van der Waals surface area contributed by atoms with Gasteiger partial charge in [-0.05, 0) is 25.7 Å². The van der Waals surface area contributed by atoms with Crippen molar-refractivity contribution >= 4 is 27.9 Å². The summed E-state index contributed by atoms with van der Waals surface area (Å²) in [6.07, 6.45) is 2.40. The van der Waals surface area contributed by atoms with Crippen molar-refractivity contribution in [3.05, 3.63) is 10.4 Å². The molecule has 1 fully saturated rings. The zero-order chi connectivity index (χ0) is 12.6. The average molecular weight is 250 g/mol. The van der Waals surface area contributed by atoms with Gasteiger partial charge in [0.2, 0.25) is 0 Å². The molecule has 1 unspecified atom stereocenters. The average Bonchev–Trinajstić information content (AvgIpc) is 3.04. The van der Waals surface area contributed by atoms with Crippen LogP contribution in [0.3, 0.4) is 0 Å². The first-order valence-corrected chi connectivity index (χ1v) is 6.25. The highest BCUT2D eigenvalue weighted by molar-refractivity contribution is 7.17. The van der Waals surface area contributed by atoms with E-state index in [0.29, 0.717) is 15.8 Å². The Bertz CT molecular complexity index is 498. The molecule has 5 N–H and O–H groups in total. The minimum absolute atomic E-state index is 0.190. The maximum atomic E-state index is 11.3. The van der Waals surface area contributed by atoms with Crippen molar-refractivity contribution in [1.29, 1.82) is 5.26 Å². The second kappa shape index (κ2) is 4.26. The van der Waals surface area contributed by atoms with Crippen molar-refractivity contribution in [1.82, 2.24) is 0 Å². The summed E-state index contributed by atoms with van der Waals surface area (Å²) in [5.74, 6) is 0.0512. The quantitative estimate of drug-likeness (QED) is 0.753. The lowest BCUT2D eigenvalue weighted by atomic mass is 10.2. The summed E-state index contributed by atoms with van der Waals surface area (Å²) in [5.41, 5.74) is 11.5. The van der Waals surface area contributed by atoms with Gasteiger partial charge in [0.1, 0.15) is 15.9 Å². The highest BCUT2D eigenvalue weighted by Crippen LogP contribution is 2.39. The number of hydrogen-bond acceptors (Lipinski definition) is 5. The van der Waals surface area contributed by atoms with Crippen LogP contribution in [0.1, 0.15) is 35.0 Å². The van der Waals surface area contributed by atoms with E-state index in [0.717, 1.165) is 0 Å². The molecule has 1 aromatic rings. The summed E-state index contributed by atoms with van der Waals surface area (Å²) >= 11 is 1.19. The van der Waals surface area contributed by atoms with Gasteiger partial charge in [-0.25, -0.2) is 0 Å². The maximum Gasteiger partial charge on any atom is 0.253 e. The van der Waals surface area contributed by atoms with Crippen molar-refractivity contribution in [3.63, 3.8) is 0 Å². The van der Waals surface area contributed by atoms with E-state index in [1.807, 2.05) is 6.07 Å². The van der Waals surface area contributed by atoms with E-state index in [-0.39, 0.29) is 17.3 Å². The van der Waals surface area contributed by atoms with Gasteiger partial charge in [-0.1, -0.05) is 0 Å². The van der Waals surface area contributed by atoms with Crippen LogP contribution in [0.5, 0.6) is 0 Å². The number of nitrogen functional groups attached to an aromatic ring is 1. The second-order valence-electron chi connectivity index (χ2n) is 4.30. The Morgan fingerprint density at radius 1 is 1.65 bits per heavy atom. The molecule has 0 saturated heterocycles. The van der Waals surface area contributed by atoms with Crippen molar-refractivity contribution in [3.8, 4) is 6.07 Å². The normalized spacial score (nSPS) is 16.2. The Labute approximate surface area is 103 Å². The first-order valence-electron chi connectivity index (χ1n) is 5.43. The van der Waals surface area contributed by atoms with Crippen molar-refractivity contribution in [2.45, 2.75) is 25.8 Å². The van der Waals surface area contributed by atoms with Gasteiger partial charge in [0, 0.05) is 6.04 Å². The first-order chi connectivity index (χ1) is 8.04. The van der Waals surface area contributed by atoms with Crippen LogP contribution in [0, 0.1) is 17.2 Å². The number of amides is 1. The Balaban J connectivity index is 2.31. The highest BCUT2D eigenvalue weighted by atomic mass is 32.1. The molecule has 6 heteroatoms. The fourth-order valence-corrected chi connectivity index (χ4v) is 2.81. The zero-order valence-electron chi connectivity index (χ0n) is 9.49. The smallest absolute Gasteiger partial charge is 0.253 e. The van der Waals surface area contributed by atoms with Gasteiger partial charge < -0.3 is 16.8 Å². The predicted molar refractivity (Wildman–Crippen MR) is 67.8 cm³/mol. The molecule has 0 bridgehead atoms. The third-order valence-electron chi connectivity index (χ3n) is 2.98. The minimum atomic E-state index is -0.592. The van der Waals surface area contributed by atoms with Crippen LogP contribution in [0.2, 0.25) is 0 Å². The minimum Gasteiger partial charge on any atom is -0.396 e. The van der Waals surface area contributed by atoms with Crippen LogP contribution < -0.4 is 16.8 Å². The zero-order valence-corrected chi connectivity index (χ0v) is 10.3. The number of rotatable bonds is 4. The number of hydrogen-bond donors (Lipinski definition) is 3. The molecule has 0 aromatic carbocycles. The lowest BCUT2D eigenvalue weighted by molar-refractivity contribution is 0.100. The number of anilines is 2. The second-order valence-corrected chi connectivity index (χ2v) is 5.32. The van der Waals surface area contributed by atoms with Crippen LogP contribution in [-0.4, -0.2) is 11.9 Å². The molecule has 1 aliphatic rings. The number of nitriles is 1. The number of carbonyl (C=O) groups is 1. The molecule has 1 aliphatic carbocycles. The molecule has 1 saturated carbocycles. The van der Waals surface area contributed by atoms with E-state index >= 15 is 0 Å². The fraction of sp³-hybridized carbons (Fsp3) is 0.455. The number of thiophene rings is 1. The number of carbonyl (C=O) groups excluding carboxylic acids is 1. The Morgan fingerprint density at radius 3 is 2.76 bits per heavy atom. The molecular weight excluding hydrogens is 236 g/mol. The van der Waals surface area contributed by atoms with Gasteiger partial charge >= 0.3 is 0 Å². The van der Waals surface area contributed by atoms with Crippen LogP contribution in [0.25, 0.3) is 0 Å². The van der Waals surface area contributed by atoms with Gasteiger partial charge in [-0.3, -0.25) is 4.79 Å². The third kappa shape index (κ3) is 2.19. The van der Waals surface area contributed by atoms with Gasteiger partial charge in [-0.2, -0.15) is 5.26 Å². The summed E-state index contributed by atoms with van der Waals surface area (Å²) in [4.78, 5) is 11.7. The standard InChI is InChI=1S/C11H14N4OS/c1-5(6-2-3-6)15-11-8(10(14)16)9(13)7(4-12)17-11/h5-6,15H,2-3,13H2,1H3,(H2,14,16). The van der Waals surface area contributed by atoms with E-state index in [1.54, 1.807) is 0 Å². The Hall–Kier alpha value is -1.74. The number of nitrogens with two attached hydrogens (primary N) is 2. The van der Waals surface area contributed by atoms with E-state index in [4.69, 9.17) is 16.7 Å².